The predicted octanol–water partition coefficient (Wildman–Crippen LogP) is 10.8. The van der Waals surface area contributed by atoms with Gasteiger partial charge >= 0.3 is 6.92 Å². The standard InChI is InChI=1S/C60H40BNO2Si/c1-4-19-44(20-5-1)65(45-21-6-2-7-22-45,46-23-8-3-9-24-46)47-25-16-18-41(38-47)42-34-36-51-52-29-17-33-58-60(52)61(64-59(51)40-42)53-39-43(35-37-57(53)63-58)48-26-10-13-30-54(48)62-55-31-14-11-27-49(55)50-28-12-15-32-56(50)62/h1-40H. The zero-order chi connectivity index (χ0) is 42.9. The van der Waals surface area contributed by atoms with Crippen molar-refractivity contribution in [1.29, 1.82) is 0 Å². The number of fused-ring (bicyclic) bond motifs is 7. The largest absolute Gasteiger partial charge is 0.551 e. The quantitative estimate of drug-likeness (QED) is 0.118. The van der Waals surface area contributed by atoms with Crippen LogP contribution in [0.25, 0.3) is 60.9 Å². The molecule has 2 aliphatic rings. The molecule has 0 amide bonds. The number of rotatable bonds is 7. The van der Waals surface area contributed by atoms with E-state index in [1.165, 1.54) is 42.6 Å². The van der Waals surface area contributed by atoms with Crippen molar-refractivity contribution in [2.75, 3.05) is 0 Å². The number of hydrogen-bond acceptors (Lipinski definition) is 2. The van der Waals surface area contributed by atoms with E-state index in [0.29, 0.717) is 0 Å². The molecule has 0 radical (unpaired) electrons. The molecule has 0 spiro atoms. The lowest BCUT2D eigenvalue weighted by molar-refractivity contribution is 0.479. The maximum atomic E-state index is 7.27. The first kappa shape index (κ1) is 37.4. The van der Waals surface area contributed by atoms with Crippen LogP contribution in [-0.4, -0.2) is 19.6 Å². The van der Waals surface area contributed by atoms with Gasteiger partial charge in [0.05, 0.1) is 16.7 Å². The first-order chi connectivity index (χ1) is 32.2. The minimum absolute atomic E-state index is 0.353. The Labute approximate surface area is 379 Å². The van der Waals surface area contributed by atoms with Crippen molar-refractivity contribution in [3.8, 4) is 56.3 Å². The zero-order valence-corrected chi connectivity index (χ0v) is 36.4. The Balaban J connectivity index is 0.931. The number of benzene rings is 10. The average Bonchev–Trinajstić information content (AvgIpc) is 3.72. The summed E-state index contributed by atoms with van der Waals surface area (Å²) in [4.78, 5) is 0. The van der Waals surface area contributed by atoms with Gasteiger partial charge in [-0.15, -0.1) is 0 Å². The third kappa shape index (κ3) is 5.83. The van der Waals surface area contributed by atoms with Gasteiger partial charge in [0.2, 0.25) is 0 Å². The highest BCUT2D eigenvalue weighted by Gasteiger charge is 2.43. The van der Waals surface area contributed by atoms with Crippen LogP contribution in [0.3, 0.4) is 0 Å². The van der Waals surface area contributed by atoms with Gasteiger partial charge in [0.1, 0.15) is 17.2 Å². The number of aromatic nitrogens is 1. The van der Waals surface area contributed by atoms with E-state index in [0.717, 1.165) is 67.2 Å². The van der Waals surface area contributed by atoms with Gasteiger partial charge in [0, 0.05) is 32.8 Å². The van der Waals surface area contributed by atoms with Gasteiger partial charge < -0.3 is 14.0 Å². The van der Waals surface area contributed by atoms with Gasteiger partial charge in [-0.2, -0.15) is 0 Å². The molecular weight excluding hydrogens is 806 g/mol. The SMILES string of the molecule is c1ccc([Si](c2ccccc2)(c2ccccc2)c2cccc(-c3ccc4c(c3)OB3c5cc(-c6ccccc6-n6c7ccccc7c7ccccc76)ccc5Oc5cccc-4c53)c2)cc1. The Morgan fingerprint density at radius 1 is 0.354 bits per heavy atom. The molecule has 0 unspecified atom stereocenters. The molecule has 1 aromatic heterocycles. The molecule has 5 heteroatoms. The zero-order valence-electron chi connectivity index (χ0n) is 35.4. The minimum atomic E-state index is -2.72. The Hall–Kier alpha value is -8.12. The molecule has 0 fully saturated rings. The average molecular weight is 846 g/mol. The highest BCUT2D eigenvalue weighted by Crippen LogP contribution is 2.42. The molecule has 10 aromatic carbocycles. The summed E-state index contributed by atoms with van der Waals surface area (Å²) in [5.74, 6) is 2.52. The van der Waals surface area contributed by atoms with Crippen molar-refractivity contribution >= 4 is 68.5 Å². The summed E-state index contributed by atoms with van der Waals surface area (Å²) in [7, 11) is -2.72. The summed E-state index contributed by atoms with van der Waals surface area (Å²) >= 11 is 0. The van der Waals surface area contributed by atoms with Gasteiger partial charge in [-0.1, -0.05) is 206 Å². The van der Waals surface area contributed by atoms with Crippen LogP contribution in [0.2, 0.25) is 0 Å². The second-order valence-corrected chi connectivity index (χ2v) is 20.9. The molecule has 2 aliphatic heterocycles. The van der Waals surface area contributed by atoms with Gasteiger partial charge in [-0.05, 0) is 79.4 Å². The molecule has 0 aliphatic carbocycles. The molecule has 0 atom stereocenters. The van der Waals surface area contributed by atoms with Gasteiger partial charge in [0.15, 0.2) is 8.07 Å². The summed E-state index contributed by atoms with van der Waals surface area (Å²) in [5, 5.41) is 7.87. The molecule has 0 saturated carbocycles. The summed E-state index contributed by atoms with van der Waals surface area (Å²) in [6, 6.07) is 88.4. The lowest BCUT2D eigenvalue weighted by Crippen LogP contribution is -2.74. The molecule has 13 rings (SSSR count). The minimum Gasteiger partial charge on any atom is -0.551 e. The Morgan fingerprint density at radius 2 is 0.908 bits per heavy atom. The van der Waals surface area contributed by atoms with Crippen LogP contribution in [0.1, 0.15) is 0 Å². The van der Waals surface area contributed by atoms with Crippen molar-refractivity contribution in [3.05, 3.63) is 243 Å². The van der Waals surface area contributed by atoms with Crippen molar-refractivity contribution in [3.63, 3.8) is 0 Å². The summed E-state index contributed by atoms with van der Waals surface area (Å²) in [6.45, 7) is -0.353. The van der Waals surface area contributed by atoms with E-state index in [1.807, 2.05) is 0 Å². The third-order valence-corrected chi connectivity index (χ3v) is 18.4. The second-order valence-electron chi connectivity index (χ2n) is 17.1. The predicted molar refractivity (Wildman–Crippen MR) is 273 cm³/mol. The molecule has 0 bridgehead atoms. The van der Waals surface area contributed by atoms with Crippen LogP contribution in [0.15, 0.2) is 243 Å². The molecule has 0 saturated heterocycles. The van der Waals surface area contributed by atoms with Crippen LogP contribution in [0.4, 0.5) is 0 Å². The number of nitrogens with zero attached hydrogens (tertiary/aromatic N) is 1. The molecule has 11 aromatic rings. The van der Waals surface area contributed by atoms with E-state index in [2.05, 4.69) is 247 Å². The van der Waals surface area contributed by atoms with Crippen molar-refractivity contribution in [2.24, 2.45) is 0 Å². The van der Waals surface area contributed by atoms with E-state index >= 15 is 0 Å². The van der Waals surface area contributed by atoms with Crippen LogP contribution in [-0.2, 0) is 0 Å². The first-order valence-electron chi connectivity index (χ1n) is 22.4. The van der Waals surface area contributed by atoms with Crippen molar-refractivity contribution in [2.45, 2.75) is 0 Å². The number of para-hydroxylation sites is 3. The third-order valence-electron chi connectivity index (χ3n) is 13.6. The van der Waals surface area contributed by atoms with Crippen LogP contribution in [0, 0.1) is 0 Å². The Bertz CT molecular complexity index is 3470. The van der Waals surface area contributed by atoms with Crippen molar-refractivity contribution in [1.82, 2.24) is 4.57 Å². The van der Waals surface area contributed by atoms with Gasteiger partial charge in [-0.3, -0.25) is 0 Å². The lowest BCUT2D eigenvalue weighted by Gasteiger charge is -2.35. The van der Waals surface area contributed by atoms with Crippen LogP contribution in [0.5, 0.6) is 17.2 Å². The monoisotopic (exact) mass is 845 g/mol. The second kappa shape index (κ2) is 15.0. The van der Waals surface area contributed by atoms with Gasteiger partial charge in [-0.25, -0.2) is 0 Å². The molecule has 304 valence electrons. The van der Waals surface area contributed by atoms with E-state index in [1.54, 1.807) is 0 Å². The van der Waals surface area contributed by atoms with E-state index < -0.39 is 8.07 Å². The molecule has 3 heterocycles. The Morgan fingerprint density at radius 3 is 1.60 bits per heavy atom. The fourth-order valence-corrected chi connectivity index (χ4v) is 15.6. The van der Waals surface area contributed by atoms with Crippen molar-refractivity contribution < 1.29 is 9.39 Å². The smallest absolute Gasteiger partial charge is 0.434 e. The molecule has 0 N–H and O–H groups in total. The van der Waals surface area contributed by atoms with Crippen LogP contribution >= 0.6 is 0 Å². The normalized spacial score (nSPS) is 12.5. The first-order valence-corrected chi connectivity index (χ1v) is 24.4. The summed E-state index contributed by atoms with van der Waals surface area (Å²) < 4.78 is 16.4. The molecular formula is C60H40BNO2Si. The highest BCUT2D eigenvalue weighted by atomic mass is 28.3. The van der Waals surface area contributed by atoms with E-state index in [9.17, 15) is 0 Å². The topological polar surface area (TPSA) is 23.4 Å². The number of hydrogen-bond donors (Lipinski definition) is 0. The van der Waals surface area contributed by atoms with Gasteiger partial charge in [0.25, 0.3) is 0 Å². The summed E-state index contributed by atoms with van der Waals surface area (Å²) in [5.41, 5.74) is 12.3. The maximum Gasteiger partial charge on any atom is 0.434 e. The van der Waals surface area contributed by atoms with E-state index in [4.69, 9.17) is 9.39 Å². The maximum absolute atomic E-state index is 7.27. The fourth-order valence-electron chi connectivity index (χ4n) is 10.8. The highest BCUT2D eigenvalue weighted by molar-refractivity contribution is 7.19. The fraction of sp³-hybridized carbons (Fsp3) is 0. The summed E-state index contributed by atoms with van der Waals surface area (Å²) in [6.07, 6.45) is 0. The van der Waals surface area contributed by atoms with E-state index in [-0.39, 0.29) is 6.92 Å². The Kier molecular flexibility index (Phi) is 8.65. The molecule has 3 nitrogen and oxygen atoms in total. The molecule has 65 heavy (non-hydrogen) atoms. The number of ether oxygens (including phenoxy) is 1. The lowest BCUT2D eigenvalue weighted by atomic mass is 9.50. The van der Waals surface area contributed by atoms with Crippen LogP contribution < -0.4 is 41.1 Å².